The van der Waals surface area contributed by atoms with Crippen LogP contribution in [-0.4, -0.2) is 50.9 Å². The van der Waals surface area contributed by atoms with Gasteiger partial charge in [-0.1, -0.05) is 20.4 Å². The van der Waals surface area contributed by atoms with Crippen molar-refractivity contribution in [1.82, 2.24) is 19.4 Å². The lowest BCUT2D eigenvalue weighted by atomic mass is 9.82. The van der Waals surface area contributed by atoms with E-state index in [2.05, 4.69) is 30.3 Å². The summed E-state index contributed by atoms with van der Waals surface area (Å²) in [7, 11) is 0. The number of nitrogens with one attached hydrogen (secondary N) is 1. The number of carbonyl (C=O) groups is 1. The van der Waals surface area contributed by atoms with E-state index in [0.29, 0.717) is 24.4 Å². The number of H-pyrrole nitrogens is 1. The van der Waals surface area contributed by atoms with Gasteiger partial charge in [0, 0.05) is 43.6 Å². The maximum atomic E-state index is 12.7. The van der Waals surface area contributed by atoms with Crippen LogP contribution < -0.4 is 11.2 Å². The quantitative estimate of drug-likeness (QED) is 0.845. The fraction of sp³-hybridized carbons (Fsp3) is 0.650. The molecule has 1 amide bonds. The van der Waals surface area contributed by atoms with Crippen molar-refractivity contribution >= 4 is 5.91 Å². The summed E-state index contributed by atoms with van der Waals surface area (Å²) in [6, 6.07) is 1.73. The first-order valence-electron chi connectivity index (χ1n) is 9.87. The van der Waals surface area contributed by atoms with Crippen LogP contribution in [0.3, 0.4) is 0 Å². The highest BCUT2D eigenvalue weighted by atomic mass is 16.2. The minimum atomic E-state index is -0.542. The summed E-state index contributed by atoms with van der Waals surface area (Å²) in [6.07, 6.45) is 5.52. The Balaban J connectivity index is 1.63. The number of fused-ring (bicyclic) bond motifs is 1. The summed E-state index contributed by atoms with van der Waals surface area (Å²) in [4.78, 5) is 42.2. The fourth-order valence-corrected chi connectivity index (χ4v) is 4.21. The third kappa shape index (κ3) is 4.51. The Morgan fingerprint density at radius 2 is 2.11 bits per heavy atom. The molecule has 7 heteroatoms. The summed E-state index contributed by atoms with van der Waals surface area (Å²) in [6.45, 7) is 11.2. The van der Waals surface area contributed by atoms with Crippen LogP contribution in [0.15, 0.2) is 34.1 Å². The minimum Gasteiger partial charge on any atom is -0.372 e. The van der Waals surface area contributed by atoms with E-state index >= 15 is 0 Å². The molecular weight excluding hydrogens is 344 g/mol. The third-order valence-electron chi connectivity index (χ3n) is 5.81. The Morgan fingerprint density at radius 3 is 2.81 bits per heavy atom. The number of nitrogens with zero attached hydrogens (tertiary/aromatic N) is 3. The van der Waals surface area contributed by atoms with E-state index in [-0.39, 0.29) is 12.5 Å². The monoisotopic (exact) mass is 374 g/mol. The van der Waals surface area contributed by atoms with E-state index in [1.165, 1.54) is 22.5 Å². The van der Waals surface area contributed by atoms with Crippen LogP contribution in [0.4, 0.5) is 0 Å². The van der Waals surface area contributed by atoms with Crippen LogP contribution in [0.5, 0.6) is 0 Å². The number of aromatic amines is 1. The van der Waals surface area contributed by atoms with Gasteiger partial charge in [-0.15, -0.1) is 0 Å². The van der Waals surface area contributed by atoms with Gasteiger partial charge in [-0.3, -0.25) is 19.1 Å². The van der Waals surface area contributed by atoms with Crippen LogP contribution in [0.1, 0.15) is 39.5 Å². The van der Waals surface area contributed by atoms with Crippen molar-refractivity contribution in [2.24, 2.45) is 11.8 Å². The second-order valence-electron chi connectivity index (χ2n) is 8.17. The number of carbonyl (C=O) groups excluding carboxylic acids is 1. The molecule has 148 valence electrons. The van der Waals surface area contributed by atoms with E-state index < -0.39 is 11.2 Å². The molecule has 0 bridgehead atoms. The number of hydrogen-bond donors (Lipinski definition) is 1. The normalized spacial score (nSPS) is 22.9. The number of likely N-dealkylation sites (tertiary alicyclic amines) is 2. The molecule has 0 spiro atoms. The number of hydrogen-bond acceptors (Lipinski definition) is 4. The maximum Gasteiger partial charge on any atom is 0.328 e. The number of amides is 1. The average molecular weight is 374 g/mol. The molecule has 3 heterocycles. The molecule has 2 aliphatic rings. The maximum absolute atomic E-state index is 12.7. The van der Waals surface area contributed by atoms with Gasteiger partial charge >= 0.3 is 5.69 Å². The molecule has 0 unspecified atom stereocenters. The number of aromatic nitrogens is 2. The highest BCUT2D eigenvalue weighted by molar-refractivity contribution is 5.76. The molecule has 0 radical (unpaired) electrons. The van der Waals surface area contributed by atoms with Crippen LogP contribution in [0.25, 0.3) is 0 Å². The largest absolute Gasteiger partial charge is 0.372 e. The zero-order valence-electron chi connectivity index (χ0n) is 16.3. The van der Waals surface area contributed by atoms with Crippen LogP contribution in [-0.2, 0) is 11.3 Å². The minimum absolute atomic E-state index is 0.0310. The molecule has 0 aliphatic carbocycles. The van der Waals surface area contributed by atoms with Crippen molar-refractivity contribution in [3.05, 3.63) is 45.4 Å². The van der Waals surface area contributed by atoms with Gasteiger partial charge in [-0.05, 0) is 37.5 Å². The first kappa shape index (κ1) is 19.5. The molecule has 0 aromatic carbocycles. The third-order valence-corrected chi connectivity index (χ3v) is 5.81. The van der Waals surface area contributed by atoms with Crippen molar-refractivity contribution in [3.63, 3.8) is 0 Å². The van der Waals surface area contributed by atoms with Crippen molar-refractivity contribution in [3.8, 4) is 0 Å². The topological polar surface area (TPSA) is 78.4 Å². The zero-order chi connectivity index (χ0) is 19.6. The molecule has 7 nitrogen and oxygen atoms in total. The average Bonchev–Trinajstić information content (AvgIpc) is 2.62. The molecule has 1 aromatic heterocycles. The number of allylic oxidation sites excluding steroid dienone is 1. The van der Waals surface area contributed by atoms with E-state index in [4.69, 9.17) is 0 Å². The Kier molecular flexibility index (Phi) is 5.87. The standard InChI is InChI=1S/C20H30N4O3/c1-14(2)6-11-24-15(3)4-5-16-12-22(9-7-17(16)24)19(26)13-23-10-8-18(25)21-20(23)27/h8,10,14,16-17H,3-7,9,11-13H2,1-2H3,(H,21,25,27)/t16-,17+/m0/s1. The van der Waals surface area contributed by atoms with Crippen LogP contribution in [0, 0.1) is 11.8 Å². The SMILES string of the molecule is C=C1CC[C@H]2CN(C(=O)Cn3ccc(=O)[nH]c3=O)CC[C@H]2N1CCC(C)C. The molecule has 2 saturated heterocycles. The van der Waals surface area contributed by atoms with E-state index in [1.54, 1.807) is 0 Å². The zero-order valence-corrected chi connectivity index (χ0v) is 16.3. The molecule has 27 heavy (non-hydrogen) atoms. The summed E-state index contributed by atoms with van der Waals surface area (Å²) in [5.74, 6) is 1.05. The lowest BCUT2D eigenvalue weighted by Crippen LogP contribution is -2.55. The smallest absolute Gasteiger partial charge is 0.328 e. The second-order valence-corrected chi connectivity index (χ2v) is 8.17. The van der Waals surface area contributed by atoms with Gasteiger partial charge < -0.3 is 9.80 Å². The summed E-state index contributed by atoms with van der Waals surface area (Å²) < 4.78 is 1.26. The van der Waals surface area contributed by atoms with Crippen molar-refractivity contribution in [1.29, 1.82) is 0 Å². The van der Waals surface area contributed by atoms with Gasteiger partial charge in [0.25, 0.3) is 5.56 Å². The molecule has 0 saturated carbocycles. The van der Waals surface area contributed by atoms with Gasteiger partial charge in [0.15, 0.2) is 0 Å². The Labute approximate surface area is 159 Å². The summed E-state index contributed by atoms with van der Waals surface area (Å²) in [5, 5.41) is 0. The predicted molar refractivity (Wildman–Crippen MR) is 104 cm³/mol. The van der Waals surface area contributed by atoms with E-state index in [0.717, 1.165) is 38.8 Å². The number of rotatable bonds is 5. The van der Waals surface area contributed by atoms with E-state index in [9.17, 15) is 14.4 Å². The van der Waals surface area contributed by atoms with Gasteiger partial charge in [0.05, 0.1) is 0 Å². The van der Waals surface area contributed by atoms with Crippen molar-refractivity contribution in [2.75, 3.05) is 19.6 Å². The predicted octanol–water partition coefficient (Wildman–Crippen LogP) is 1.41. The molecule has 2 atom stereocenters. The number of piperidine rings is 2. The first-order valence-corrected chi connectivity index (χ1v) is 9.87. The molecular formula is C20H30N4O3. The highest BCUT2D eigenvalue weighted by Crippen LogP contribution is 2.35. The van der Waals surface area contributed by atoms with E-state index in [1.807, 2.05) is 4.90 Å². The Hall–Kier alpha value is -2.31. The Bertz CT molecular complexity index is 810. The second kappa shape index (κ2) is 8.15. The molecule has 1 N–H and O–H groups in total. The van der Waals surface area contributed by atoms with Crippen LogP contribution >= 0.6 is 0 Å². The summed E-state index contributed by atoms with van der Waals surface area (Å²) in [5.41, 5.74) is 0.240. The molecule has 3 rings (SSSR count). The van der Waals surface area contributed by atoms with Crippen molar-refractivity contribution in [2.45, 2.75) is 52.1 Å². The highest BCUT2D eigenvalue weighted by Gasteiger charge is 2.38. The lowest BCUT2D eigenvalue weighted by molar-refractivity contribution is -0.135. The first-order chi connectivity index (χ1) is 12.8. The van der Waals surface area contributed by atoms with Gasteiger partial charge in [0.1, 0.15) is 6.54 Å². The van der Waals surface area contributed by atoms with Crippen LogP contribution in [0.2, 0.25) is 0 Å². The van der Waals surface area contributed by atoms with Gasteiger partial charge in [-0.2, -0.15) is 0 Å². The fourth-order valence-electron chi connectivity index (χ4n) is 4.21. The molecule has 2 aliphatic heterocycles. The summed E-state index contributed by atoms with van der Waals surface area (Å²) >= 11 is 0. The van der Waals surface area contributed by atoms with Crippen molar-refractivity contribution < 1.29 is 4.79 Å². The molecule has 2 fully saturated rings. The molecule has 1 aromatic rings. The van der Waals surface area contributed by atoms with Gasteiger partial charge in [-0.25, -0.2) is 4.79 Å². The Morgan fingerprint density at radius 1 is 1.33 bits per heavy atom. The van der Waals surface area contributed by atoms with Gasteiger partial charge in [0.2, 0.25) is 5.91 Å². The lowest BCUT2D eigenvalue weighted by Gasteiger charge is -2.49.